The summed E-state index contributed by atoms with van der Waals surface area (Å²) in [6.07, 6.45) is 7.17. The van der Waals surface area contributed by atoms with Gasteiger partial charge >= 0.3 is 0 Å². The number of unbranched alkanes of at least 4 members (excludes halogenated alkanes) is 4. The first kappa shape index (κ1) is 21.9. The fourth-order valence-corrected chi connectivity index (χ4v) is 2.80. The van der Waals surface area contributed by atoms with Crippen molar-refractivity contribution in [3.8, 4) is 11.5 Å². The van der Waals surface area contributed by atoms with Crippen LogP contribution in [0.4, 0.5) is 11.4 Å². The number of hydrogen-bond acceptors (Lipinski definition) is 4. The zero-order chi connectivity index (χ0) is 19.9. The molecular weight excluding hydrogens is 348 g/mol. The summed E-state index contributed by atoms with van der Waals surface area (Å²) in [5, 5.41) is 6.85. The van der Waals surface area contributed by atoms with Crippen LogP contribution in [0.5, 0.6) is 11.5 Å². The minimum atomic E-state index is 0.788. The average molecular weight is 385 g/mol. The molecule has 0 saturated carbocycles. The fourth-order valence-electron chi connectivity index (χ4n) is 2.80. The van der Waals surface area contributed by atoms with Crippen LogP contribution >= 0.6 is 0 Å². The van der Waals surface area contributed by atoms with Gasteiger partial charge in [0.05, 0.1) is 13.2 Å². The minimum absolute atomic E-state index is 0.788. The van der Waals surface area contributed by atoms with Crippen molar-refractivity contribution in [3.63, 3.8) is 0 Å². The van der Waals surface area contributed by atoms with Crippen LogP contribution in [0.2, 0.25) is 0 Å². The molecule has 2 N–H and O–H groups in total. The van der Waals surface area contributed by atoms with Crippen LogP contribution in [0, 0.1) is 0 Å². The first-order valence-corrected chi connectivity index (χ1v) is 10.7. The van der Waals surface area contributed by atoms with Crippen molar-refractivity contribution in [3.05, 3.63) is 48.5 Å². The van der Waals surface area contributed by atoms with Gasteiger partial charge in [-0.15, -0.1) is 0 Å². The smallest absolute Gasteiger partial charge is 0.119 e. The number of nitrogens with one attached hydrogen (secondary N) is 2. The molecule has 0 unspecified atom stereocenters. The van der Waals surface area contributed by atoms with Gasteiger partial charge in [-0.2, -0.15) is 0 Å². The molecule has 2 aromatic rings. The van der Waals surface area contributed by atoms with Gasteiger partial charge in [-0.05, 0) is 61.4 Å². The lowest BCUT2D eigenvalue weighted by atomic mass is 10.2. The SMILES string of the molecule is CCCCCCOc1ccc(NCCNc2ccc(OCCCC)cc2)cc1. The average Bonchev–Trinajstić information content (AvgIpc) is 2.73. The van der Waals surface area contributed by atoms with E-state index < -0.39 is 0 Å². The lowest BCUT2D eigenvalue weighted by Gasteiger charge is -2.11. The topological polar surface area (TPSA) is 42.5 Å². The van der Waals surface area contributed by atoms with Crippen LogP contribution in [-0.2, 0) is 0 Å². The predicted octanol–water partition coefficient (Wildman–Crippen LogP) is 6.35. The number of anilines is 2. The van der Waals surface area contributed by atoms with E-state index in [1.165, 1.54) is 19.3 Å². The number of rotatable bonds is 15. The van der Waals surface area contributed by atoms with Gasteiger partial charge in [-0.3, -0.25) is 0 Å². The highest BCUT2D eigenvalue weighted by Crippen LogP contribution is 2.17. The Labute approximate surface area is 170 Å². The number of hydrogen-bond donors (Lipinski definition) is 2. The molecule has 0 aliphatic carbocycles. The molecule has 4 heteroatoms. The van der Waals surface area contributed by atoms with E-state index in [-0.39, 0.29) is 0 Å². The highest BCUT2D eigenvalue weighted by Gasteiger charge is 1.98. The second-order valence-electron chi connectivity index (χ2n) is 7.01. The van der Waals surface area contributed by atoms with E-state index in [0.29, 0.717) is 0 Å². The lowest BCUT2D eigenvalue weighted by molar-refractivity contribution is 0.305. The van der Waals surface area contributed by atoms with Crippen molar-refractivity contribution < 1.29 is 9.47 Å². The lowest BCUT2D eigenvalue weighted by Crippen LogP contribution is -2.13. The van der Waals surface area contributed by atoms with Crippen molar-refractivity contribution in [1.29, 1.82) is 0 Å². The van der Waals surface area contributed by atoms with Crippen LogP contribution < -0.4 is 20.1 Å². The summed E-state index contributed by atoms with van der Waals surface area (Å²) in [6, 6.07) is 16.4. The zero-order valence-electron chi connectivity index (χ0n) is 17.5. The van der Waals surface area contributed by atoms with Crippen LogP contribution in [0.1, 0.15) is 52.4 Å². The molecule has 0 spiro atoms. The molecule has 0 radical (unpaired) electrons. The molecule has 0 aromatic heterocycles. The van der Waals surface area contributed by atoms with Crippen LogP contribution in [0.3, 0.4) is 0 Å². The maximum absolute atomic E-state index is 5.78. The molecule has 28 heavy (non-hydrogen) atoms. The summed E-state index contributed by atoms with van der Waals surface area (Å²) in [5.41, 5.74) is 2.22. The Bertz CT molecular complexity index is 626. The summed E-state index contributed by atoms with van der Waals surface area (Å²) in [5.74, 6) is 1.88. The van der Waals surface area contributed by atoms with E-state index in [1.54, 1.807) is 0 Å². The summed E-state index contributed by atoms with van der Waals surface area (Å²) < 4.78 is 11.5. The molecule has 0 amide bonds. The van der Waals surface area contributed by atoms with E-state index in [1.807, 2.05) is 24.3 Å². The van der Waals surface area contributed by atoms with Gasteiger partial charge < -0.3 is 20.1 Å². The largest absolute Gasteiger partial charge is 0.494 e. The molecule has 0 atom stereocenters. The Morgan fingerprint density at radius 3 is 1.50 bits per heavy atom. The second-order valence-corrected chi connectivity index (χ2v) is 7.01. The van der Waals surface area contributed by atoms with Crippen molar-refractivity contribution >= 4 is 11.4 Å². The molecule has 0 heterocycles. The maximum Gasteiger partial charge on any atom is 0.119 e. The molecule has 4 nitrogen and oxygen atoms in total. The molecule has 0 fully saturated rings. The third-order valence-corrected chi connectivity index (χ3v) is 4.53. The molecule has 2 aromatic carbocycles. The van der Waals surface area contributed by atoms with Gasteiger partial charge in [0.15, 0.2) is 0 Å². The Morgan fingerprint density at radius 1 is 0.571 bits per heavy atom. The van der Waals surface area contributed by atoms with Crippen LogP contribution in [-0.4, -0.2) is 26.3 Å². The monoisotopic (exact) mass is 384 g/mol. The minimum Gasteiger partial charge on any atom is -0.494 e. The molecule has 0 bridgehead atoms. The van der Waals surface area contributed by atoms with Gasteiger partial charge in [-0.1, -0.05) is 39.5 Å². The first-order chi connectivity index (χ1) is 13.8. The van der Waals surface area contributed by atoms with Gasteiger partial charge in [0, 0.05) is 24.5 Å². The van der Waals surface area contributed by atoms with Gasteiger partial charge in [0.1, 0.15) is 11.5 Å². The Kier molecular flexibility index (Phi) is 10.8. The van der Waals surface area contributed by atoms with Gasteiger partial charge in [0.2, 0.25) is 0 Å². The Hall–Kier alpha value is -2.36. The number of benzene rings is 2. The van der Waals surface area contributed by atoms with Crippen LogP contribution in [0.15, 0.2) is 48.5 Å². The Morgan fingerprint density at radius 2 is 1.04 bits per heavy atom. The summed E-state index contributed by atoms with van der Waals surface area (Å²) in [4.78, 5) is 0. The van der Waals surface area contributed by atoms with E-state index in [9.17, 15) is 0 Å². The van der Waals surface area contributed by atoms with E-state index in [2.05, 4.69) is 48.7 Å². The third kappa shape index (κ3) is 9.03. The summed E-state index contributed by atoms with van der Waals surface area (Å²) in [7, 11) is 0. The normalized spacial score (nSPS) is 10.5. The highest BCUT2D eigenvalue weighted by molar-refractivity contribution is 5.48. The molecule has 0 aliphatic rings. The quantitative estimate of drug-likeness (QED) is 0.351. The molecule has 0 saturated heterocycles. The van der Waals surface area contributed by atoms with E-state index in [0.717, 1.165) is 68.4 Å². The second kappa shape index (κ2) is 13.8. The fraction of sp³-hybridized carbons (Fsp3) is 0.500. The molecule has 2 rings (SSSR count). The molecule has 0 aliphatic heterocycles. The predicted molar refractivity (Wildman–Crippen MR) is 120 cm³/mol. The van der Waals surface area contributed by atoms with Crippen molar-refractivity contribution in [2.75, 3.05) is 36.9 Å². The van der Waals surface area contributed by atoms with Crippen molar-refractivity contribution in [2.45, 2.75) is 52.4 Å². The standard InChI is InChI=1S/C24H36N2O2/c1-3-5-7-8-20-28-24-15-11-22(12-16-24)26-18-17-25-21-9-13-23(14-10-21)27-19-6-4-2/h9-16,25-26H,3-8,17-20H2,1-2H3. The zero-order valence-corrected chi connectivity index (χ0v) is 17.5. The first-order valence-electron chi connectivity index (χ1n) is 10.7. The number of ether oxygens (including phenoxy) is 2. The Balaban J connectivity index is 1.60. The van der Waals surface area contributed by atoms with Crippen molar-refractivity contribution in [2.24, 2.45) is 0 Å². The third-order valence-electron chi connectivity index (χ3n) is 4.53. The van der Waals surface area contributed by atoms with Gasteiger partial charge in [-0.25, -0.2) is 0 Å². The summed E-state index contributed by atoms with van der Waals surface area (Å²) >= 11 is 0. The van der Waals surface area contributed by atoms with Crippen molar-refractivity contribution in [1.82, 2.24) is 0 Å². The van der Waals surface area contributed by atoms with E-state index in [4.69, 9.17) is 9.47 Å². The van der Waals surface area contributed by atoms with E-state index >= 15 is 0 Å². The summed E-state index contributed by atoms with van der Waals surface area (Å²) in [6.45, 7) is 7.69. The molecule has 154 valence electrons. The van der Waals surface area contributed by atoms with Gasteiger partial charge in [0.25, 0.3) is 0 Å². The highest BCUT2D eigenvalue weighted by atomic mass is 16.5. The molecular formula is C24H36N2O2. The maximum atomic E-state index is 5.78. The van der Waals surface area contributed by atoms with Crippen LogP contribution in [0.25, 0.3) is 0 Å².